The minimum atomic E-state index is -0.297. The van der Waals surface area contributed by atoms with Crippen LogP contribution >= 0.6 is 12.2 Å². The molecule has 0 aliphatic carbocycles. The molecule has 0 amide bonds. The molecule has 3 rings (SSSR count). The van der Waals surface area contributed by atoms with Gasteiger partial charge in [-0.2, -0.15) is 0 Å². The van der Waals surface area contributed by atoms with Gasteiger partial charge < -0.3 is 10.6 Å². The largest absolute Gasteiger partial charge is 0.350 e. The Morgan fingerprint density at radius 2 is 1.50 bits per heavy atom. The predicted molar refractivity (Wildman–Crippen MR) is 87.1 cm³/mol. The molecule has 0 radical (unpaired) electrons. The lowest BCUT2D eigenvalue weighted by Crippen LogP contribution is -2.50. The van der Waals surface area contributed by atoms with E-state index in [2.05, 4.69) is 47.9 Å². The van der Waals surface area contributed by atoms with Crippen molar-refractivity contribution >= 4 is 23.0 Å². The first kappa shape index (κ1) is 12.9. The Balaban J connectivity index is 2.06. The second-order valence-corrected chi connectivity index (χ2v) is 5.48. The Hall–Kier alpha value is -2.13. The molecule has 2 aromatic carbocycles. The molecule has 2 N–H and O–H groups in total. The summed E-state index contributed by atoms with van der Waals surface area (Å²) in [7, 11) is 0. The van der Waals surface area contributed by atoms with Gasteiger partial charge in [0.1, 0.15) is 0 Å². The third-order valence-electron chi connectivity index (χ3n) is 3.51. The number of hydrogen-bond donors (Lipinski definition) is 2. The lowest BCUT2D eigenvalue weighted by molar-refractivity contribution is 0.541. The van der Waals surface area contributed by atoms with Crippen LogP contribution < -0.4 is 10.6 Å². The lowest BCUT2D eigenvalue weighted by atomic mass is 9.89. The molecular weight excluding hydrogens is 264 g/mol. The van der Waals surface area contributed by atoms with Crippen LogP contribution in [0, 0.1) is 0 Å². The maximum absolute atomic E-state index is 5.37. The van der Waals surface area contributed by atoms with Crippen LogP contribution in [0.25, 0.3) is 5.70 Å². The quantitative estimate of drug-likeness (QED) is 0.824. The van der Waals surface area contributed by atoms with Gasteiger partial charge in [-0.3, -0.25) is 0 Å². The number of thiocarbonyl (C=S) groups is 1. The average molecular weight is 280 g/mol. The number of nitrogens with one attached hydrogen (secondary N) is 2. The highest BCUT2D eigenvalue weighted by atomic mass is 32.1. The second kappa shape index (κ2) is 5.10. The third kappa shape index (κ3) is 2.45. The molecule has 0 aromatic heterocycles. The van der Waals surface area contributed by atoms with Gasteiger partial charge in [-0.1, -0.05) is 60.7 Å². The van der Waals surface area contributed by atoms with Crippen LogP contribution in [0.2, 0.25) is 0 Å². The second-order valence-electron chi connectivity index (χ2n) is 5.07. The van der Waals surface area contributed by atoms with Crippen molar-refractivity contribution in [2.24, 2.45) is 0 Å². The van der Waals surface area contributed by atoms with Gasteiger partial charge >= 0.3 is 0 Å². The van der Waals surface area contributed by atoms with Crippen molar-refractivity contribution in [3.63, 3.8) is 0 Å². The standard InChI is InChI=1S/C17H16N2S/c1-17(14-10-6-3-7-11-14)12-15(18-16(20)19-17)13-8-4-2-5-9-13/h2-12H,1H3,(H2,18,19,20). The molecule has 2 nitrogen and oxygen atoms in total. The van der Waals surface area contributed by atoms with Gasteiger partial charge in [-0.15, -0.1) is 0 Å². The zero-order valence-electron chi connectivity index (χ0n) is 11.3. The maximum atomic E-state index is 5.37. The minimum Gasteiger partial charge on any atom is -0.350 e. The SMILES string of the molecule is CC1(c2ccccc2)C=C(c2ccccc2)NC(=S)N1. The summed E-state index contributed by atoms with van der Waals surface area (Å²) in [6.07, 6.45) is 2.19. The first-order chi connectivity index (χ1) is 9.67. The molecule has 0 saturated heterocycles. The Morgan fingerprint density at radius 3 is 2.15 bits per heavy atom. The van der Waals surface area contributed by atoms with Crippen molar-refractivity contribution in [2.75, 3.05) is 0 Å². The normalized spacial score (nSPS) is 21.6. The van der Waals surface area contributed by atoms with Gasteiger partial charge in [0.2, 0.25) is 0 Å². The van der Waals surface area contributed by atoms with Crippen LogP contribution in [0.4, 0.5) is 0 Å². The van der Waals surface area contributed by atoms with Crippen LogP contribution in [0.1, 0.15) is 18.1 Å². The zero-order valence-corrected chi connectivity index (χ0v) is 12.1. The van der Waals surface area contributed by atoms with E-state index in [9.17, 15) is 0 Å². The molecule has 3 heteroatoms. The molecule has 1 heterocycles. The Labute approximate surface area is 124 Å². The fraction of sp³-hybridized carbons (Fsp3) is 0.118. The van der Waals surface area contributed by atoms with E-state index in [0.717, 1.165) is 11.3 Å². The fourth-order valence-electron chi connectivity index (χ4n) is 2.46. The van der Waals surface area contributed by atoms with Crippen LogP contribution in [-0.4, -0.2) is 5.11 Å². The molecule has 100 valence electrons. The number of hydrogen-bond acceptors (Lipinski definition) is 1. The topological polar surface area (TPSA) is 24.1 Å². The van der Waals surface area contributed by atoms with Gasteiger partial charge in [-0.05, 0) is 36.3 Å². The summed E-state index contributed by atoms with van der Waals surface area (Å²) in [6.45, 7) is 2.14. The molecule has 20 heavy (non-hydrogen) atoms. The molecule has 1 unspecified atom stereocenters. The van der Waals surface area contributed by atoms with E-state index < -0.39 is 0 Å². The molecule has 0 spiro atoms. The highest BCUT2D eigenvalue weighted by Gasteiger charge is 2.29. The highest BCUT2D eigenvalue weighted by Crippen LogP contribution is 2.28. The third-order valence-corrected chi connectivity index (χ3v) is 3.72. The van der Waals surface area contributed by atoms with E-state index in [1.807, 2.05) is 36.4 Å². The van der Waals surface area contributed by atoms with Gasteiger partial charge in [0, 0.05) is 5.70 Å². The molecular formula is C17H16N2S. The van der Waals surface area contributed by atoms with E-state index in [1.54, 1.807) is 0 Å². The van der Waals surface area contributed by atoms with Crippen molar-refractivity contribution in [3.05, 3.63) is 77.9 Å². The van der Waals surface area contributed by atoms with E-state index in [4.69, 9.17) is 12.2 Å². The predicted octanol–water partition coefficient (Wildman–Crippen LogP) is 3.42. The molecule has 1 aliphatic heterocycles. The summed E-state index contributed by atoms with van der Waals surface area (Å²) < 4.78 is 0. The highest BCUT2D eigenvalue weighted by molar-refractivity contribution is 7.80. The van der Waals surface area contributed by atoms with Crippen LogP contribution in [-0.2, 0) is 5.54 Å². The Bertz CT molecular complexity index is 649. The monoisotopic (exact) mass is 280 g/mol. The first-order valence-electron chi connectivity index (χ1n) is 6.60. The van der Waals surface area contributed by atoms with Crippen LogP contribution in [0.5, 0.6) is 0 Å². The van der Waals surface area contributed by atoms with Crippen LogP contribution in [0.15, 0.2) is 66.7 Å². The van der Waals surface area contributed by atoms with Gasteiger partial charge in [0.05, 0.1) is 5.54 Å². The first-order valence-corrected chi connectivity index (χ1v) is 7.01. The minimum absolute atomic E-state index is 0.297. The van der Waals surface area contributed by atoms with Gasteiger partial charge in [-0.25, -0.2) is 0 Å². The van der Waals surface area contributed by atoms with E-state index in [1.165, 1.54) is 5.56 Å². The summed E-state index contributed by atoms with van der Waals surface area (Å²) in [5.41, 5.74) is 3.07. The van der Waals surface area contributed by atoms with Crippen molar-refractivity contribution in [1.29, 1.82) is 0 Å². The molecule has 0 bridgehead atoms. The van der Waals surface area contributed by atoms with Gasteiger partial charge in [0.15, 0.2) is 5.11 Å². The molecule has 1 atom stereocenters. The summed E-state index contributed by atoms with van der Waals surface area (Å²) >= 11 is 5.37. The molecule has 2 aromatic rings. The van der Waals surface area contributed by atoms with Crippen molar-refractivity contribution in [3.8, 4) is 0 Å². The summed E-state index contributed by atoms with van der Waals surface area (Å²) in [5.74, 6) is 0. The maximum Gasteiger partial charge on any atom is 0.171 e. The summed E-state index contributed by atoms with van der Waals surface area (Å²) in [4.78, 5) is 0. The van der Waals surface area contributed by atoms with E-state index in [-0.39, 0.29) is 5.54 Å². The summed E-state index contributed by atoms with van der Waals surface area (Å²) in [5, 5.41) is 7.24. The number of rotatable bonds is 2. The fourth-order valence-corrected chi connectivity index (χ4v) is 2.79. The zero-order chi connectivity index (χ0) is 14.0. The van der Waals surface area contributed by atoms with Crippen molar-refractivity contribution in [1.82, 2.24) is 10.6 Å². The lowest BCUT2D eigenvalue weighted by Gasteiger charge is -2.35. The van der Waals surface area contributed by atoms with E-state index >= 15 is 0 Å². The average Bonchev–Trinajstić information content (AvgIpc) is 2.48. The van der Waals surface area contributed by atoms with Crippen molar-refractivity contribution < 1.29 is 0 Å². The van der Waals surface area contributed by atoms with Crippen LogP contribution in [0.3, 0.4) is 0 Å². The smallest absolute Gasteiger partial charge is 0.171 e. The summed E-state index contributed by atoms with van der Waals surface area (Å²) in [6, 6.07) is 20.6. The Kier molecular flexibility index (Phi) is 3.28. The molecule has 0 fully saturated rings. The van der Waals surface area contributed by atoms with E-state index in [0.29, 0.717) is 5.11 Å². The molecule has 1 aliphatic rings. The van der Waals surface area contributed by atoms with Gasteiger partial charge in [0.25, 0.3) is 0 Å². The molecule has 0 saturated carbocycles. The number of benzene rings is 2. The Morgan fingerprint density at radius 1 is 0.900 bits per heavy atom. The van der Waals surface area contributed by atoms with Crippen molar-refractivity contribution in [2.45, 2.75) is 12.5 Å².